The minimum Gasteiger partial charge on any atom is -0.300 e. The van der Waals surface area contributed by atoms with Gasteiger partial charge in [-0.25, -0.2) is 9.97 Å². The Balaban J connectivity index is 1.46. The van der Waals surface area contributed by atoms with Gasteiger partial charge >= 0.3 is 6.18 Å². The molecule has 0 unspecified atom stereocenters. The molecule has 0 saturated carbocycles. The molecule has 0 aliphatic rings. The first-order chi connectivity index (χ1) is 14.8. The number of benzene rings is 2. The number of hydrogen-bond acceptors (Lipinski definition) is 5. The molecule has 2 aromatic carbocycles. The van der Waals surface area contributed by atoms with Crippen molar-refractivity contribution in [3.05, 3.63) is 87.3 Å². The lowest BCUT2D eigenvalue weighted by Crippen LogP contribution is -2.27. The molecule has 1 N–H and O–H groups in total. The van der Waals surface area contributed by atoms with Gasteiger partial charge in [-0.2, -0.15) is 13.2 Å². The smallest absolute Gasteiger partial charge is 0.300 e. The van der Waals surface area contributed by atoms with E-state index >= 15 is 0 Å². The van der Waals surface area contributed by atoms with Crippen molar-refractivity contribution in [3.8, 4) is 0 Å². The molecule has 0 atom stereocenters. The maximum absolute atomic E-state index is 12.9. The number of rotatable bonds is 5. The highest BCUT2D eigenvalue weighted by Crippen LogP contribution is 2.30. The quantitative estimate of drug-likeness (QED) is 0.503. The molecule has 0 bridgehead atoms. The van der Waals surface area contributed by atoms with Crippen LogP contribution in [0.15, 0.2) is 65.7 Å². The molecular formula is C21H15F3N4O2S. The summed E-state index contributed by atoms with van der Waals surface area (Å²) >= 11 is 1.16. The van der Waals surface area contributed by atoms with E-state index in [1.807, 2.05) is 0 Å². The van der Waals surface area contributed by atoms with Crippen LogP contribution in [0.4, 0.5) is 18.3 Å². The van der Waals surface area contributed by atoms with Crippen LogP contribution in [-0.2, 0) is 23.9 Å². The molecule has 0 aliphatic heterocycles. The van der Waals surface area contributed by atoms with E-state index in [1.54, 1.807) is 30.3 Å². The van der Waals surface area contributed by atoms with Gasteiger partial charge in [-0.05, 0) is 23.8 Å². The van der Waals surface area contributed by atoms with Crippen molar-refractivity contribution in [2.45, 2.75) is 19.1 Å². The van der Waals surface area contributed by atoms with Gasteiger partial charge in [0.05, 0.1) is 22.8 Å². The number of amides is 1. The van der Waals surface area contributed by atoms with Crippen LogP contribution in [0.2, 0.25) is 0 Å². The topological polar surface area (TPSA) is 76.9 Å². The number of nitrogens with one attached hydrogen (secondary N) is 1. The van der Waals surface area contributed by atoms with Gasteiger partial charge < -0.3 is 5.32 Å². The Kier molecular flexibility index (Phi) is 5.55. The van der Waals surface area contributed by atoms with Crippen molar-refractivity contribution in [1.29, 1.82) is 0 Å². The monoisotopic (exact) mass is 444 g/mol. The lowest BCUT2D eigenvalue weighted by atomic mass is 10.1. The Morgan fingerprint density at radius 3 is 2.68 bits per heavy atom. The van der Waals surface area contributed by atoms with Gasteiger partial charge in [0.15, 0.2) is 5.13 Å². The fourth-order valence-corrected chi connectivity index (χ4v) is 3.95. The van der Waals surface area contributed by atoms with E-state index in [-0.39, 0.29) is 13.0 Å². The third-order valence-corrected chi connectivity index (χ3v) is 5.40. The maximum Gasteiger partial charge on any atom is 0.416 e. The van der Waals surface area contributed by atoms with Crippen molar-refractivity contribution in [2.24, 2.45) is 0 Å². The predicted molar refractivity (Wildman–Crippen MR) is 111 cm³/mol. The first-order valence-electron chi connectivity index (χ1n) is 9.15. The lowest BCUT2D eigenvalue weighted by Gasteiger charge is -2.08. The van der Waals surface area contributed by atoms with Crippen LogP contribution in [0, 0.1) is 0 Å². The second kappa shape index (κ2) is 8.31. The molecule has 0 fully saturated rings. The number of carbonyl (C=O) groups is 1. The van der Waals surface area contributed by atoms with Crippen LogP contribution in [0.25, 0.3) is 11.0 Å². The summed E-state index contributed by atoms with van der Waals surface area (Å²) in [5, 5.41) is 2.94. The summed E-state index contributed by atoms with van der Waals surface area (Å²) in [4.78, 5) is 33.5. The molecule has 1 amide bonds. The highest BCUT2D eigenvalue weighted by molar-refractivity contribution is 7.15. The van der Waals surface area contributed by atoms with Crippen molar-refractivity contribution < 1.29 is 18.0 Å². The minimum atomic E-state index is -4.40. The number of halogens is 3. The fraction of sp³-hybridized carbons (Fsp3) is 0.143. The van der Waals surface area contributed by atoms with Crippen LogP contribution >= 0.6 is 11.3 Å². The van der Waals surface area contributed by atoms with E-state index in [1.165, 1.54) is 16.8 Å². The predicted octanol–water partition coefficient (Wildman–Crippen LogP) is 4.10. The first kappa shape index (κ1) is 20.7. The number of alkyl halides is 3. The summed E-state index contributed by atoms with van der Waals surface area (Å²) < 4.78 is 39.9. The zero-order valence-corrected chi connectivity index (χ0v) is 16.7. The number of carbonyl (C=O) groups excluding carboxylic acids is 1. The summed E-state index contributed by atoms with van der Waals surface area (Å²) in [5.74, 6) is -0.446. The number of nitrogens with zero attached hydrogens (tertiary/aromatic N) is 3. The molecule has 10 heteroatoms. The standard InChI is InChI=1S/C21H15F3N4O2S/c22-21(23,24)14-5-3-4-13(8-14)9-15-10-26-20(31-15)27-18(29)12-28-17-7-2-1-6-16(17)25-11-19(28)30/h1-8,10-11H,9,12H2,(H,26,27,29). The molecule has 0 aliphatic carbocycles. The minimum absolute atomic E-state index is 0.218. The second-order valence-electron chi connectivity index (χ2n) is 6.73. The van der Waals surface area contributed by atoms with Crippen LogP contribution < -0.4 is 10.9 Å². The largest absolute Gasteiger partial charge is 0.416 e. The van der Waals surface area contributed by atoms with Gasteiger partial charge in [0.1, 0.15) is 6.54 Å². The number of fused-ring (bicyclic) bond motifs is 1. The van der Waals surface area contributed by atoms with Crippen molar-refractivity contribution >= 4 is 33.4 Å². The average Bonchev–Trinajstić information content (AvgIpc) is 3.16. The van der Waals surface area contributed by atoms with Crippen LogP contribution in [-0.4, -0.2) is 20.4 Å². The van der Waals surface area contributed by atoms with Crippen LogP contribution in [0.3, 0.4) is 0 Å². The highest BCUT2D eigenvalue weighted by atomic mass is 32.1. The van der Waals surface area contributed by atoms with Gasteiger partial charge in [0.25, 0.3) is 5.56 Å². The summed E-state index contributed by atoms with van der Waals surface area (Å²) in [6.45, 7) is -0.218. The van der Waals surface area contributed by atoms with Gasteiger partial charge in [0.2, 0.25) is 5.91 Å². The lowest BCUT2D eigenvalue weighted by molar-refractivity contribution is -0.137. The zero-order chi connectivity index (χ0) is 22.0. The molecule has 0 spiro atoms. The molecule has 0 saturated heterocycles. The highest BCUT2D eigenvalue weighted by Gasteiger charge is 2.30. The summed E-state index contributed by atoms with van der Waals surface area (Å²) in [6.07, 6.45) is -1.48. The Bertz CT molecular complexity index is 1310. The third-order valence-electron chi connectivity index (χ3n) is 4.49. The molecule has 6 nitrogen and oxygen atoms in total. The number of hydrogen-bond donors (Lipinski definition) is 1. The van der Waals surface area contributed by atoms with E-state index in [2.05, 4.69) is 15.3 Å². The second-order valence-corrected chi connectivity index (χ2v) is 7.84. The molecule has 2 heterocycles. The summed E-state index contributed by atoms with van der Waals surface area (Å²) in [7, 11) is 0. The molecule has 4 aromatic rings. The molecule has 31 heavy (non-hydrogen) atoms. The van der Waals surface area contributed by atoms with E-state index in [0.29, 0.717) is 26.6 Å². The molecule has 4 rings (SSSR count). The number of thiazole rings is 1. The SMILES string of the molecule is O=C(Cn1c(=O)cnc2ccccc21)Nc1ncc(Cc2cccc(C(F)(F)F)c2)s1. The molecular weight excluding hydrogens is 429 g/mol. The normalized spacial score (nSPS) is 11.6. The van der Waals surface area contributed by atoms with Crippen molar-refractivity contribution in [1.82, 2.24) is 14.5 Å². The average molecular weight is 444 g/mol. The van der Waals surface area contributed by atoms with E-state index in [9.17, 15) is 22.8 Å². The van der Waals surface area contributed by atoms with Gasteiger partial charge in [-0.15, -0.1) is 11.3 Å². The van der Waals surface area contributed by atoms with Crippen molar-refractivity contribution in [3.63, 3.8) is 0 Å². The van der Waals surface area contributed by atoms with E-state index in [4.69, 9.17) is 0 Å². The third kappa shape index (κ3) is 4.80. The summed E-state index contributed by atoms with van der Waals surface area (Å²) in [5.41, 5.74) is 0.504. The maximum atomic E-state index is 12.9. The van der Waals surface area contributed by atoms with Gasteiger partial charge in [-0.1, -0.05) is 30.3 Å². The first-order valence-corrected chi connectivity index (χ1v) is 9.96. The fourth-order valence-electron chi connectivity index (χ4n) is 3.09. The van der Waals surface area contributed by atoms with Crippen LogP contribution in [0.1, 0.15) is 16.0 Å². The van der Waals surface area contributed by atoms with Crippen molar-refractivity contribution in [2.75, 3.05) is 5.32 Å². The Hall–Kier alpha value is -3.53. The molecule has 2 aromatic heterocycles. The van der Waals surface area contributed by atoms with Gasteiger partial charge in [0, 0.05) is 17.5 Å². The van der Waals surface area contributed by atoms with E-state index in [0.717, 1.165) is 29.7 Å². The zero-order valence-electron chi connectivity index (χ0n) is 15.9. The Morgan fingerprint density at radius 1 is 1.06 bits per heavy atom. The number of aromatic nitrogens is 3. The van der Waals surface area contributed by atoms with Gasteiger partial charge in [-0.3, -0.25) is 14.2 Å². The van der Waals surface area contributed by atoms with Crippen LogP contribution in [0.5, 0.6) is 0 Å². The Labute approximate surface area is 178 Å². The number of anilines is 1. The Morgan fingerprint density at radius 2 is 1.87 bits per heavy atom. The molecule has 0 radical (unpaired) electrons. The summed E-state index contributed by atoms with van der Waals surface area (Å²) in [6, 6.07) is 12.1. The van der Waals surface area contributed by atoms with E-state index < -0.39 is 23.2 Å². The molecule has 158 valence electrons. The number of para-hydroxylation sites is 2.